The van der Waals surface area contributed by atoms with E-state index in [0.29, 0.717) is 24.8 Å². The van der Waals surface area contributed by atoms with Gasteiger partial charge in [0, 0.05) is 44.2 Å². The quantitative estimate of drug-likeness (QED) is 0.571. The van der Waals surface area contributed by atoms with Crippen LogP contribution in [0.4, 0.5) is 0 Å². The molecule has 1 aromatic carbocycles. The van der Waals surface area contributed by atoms with E-state index in [9.17, 15) is 9.90 Å². The minimum atomic E-state index is -0.520. The lowest BCUT2D eigenvalue weighted by atomic mass is 9.80. The van der Waals surface area contributed by atoms with Crippen molar-refractivity contribution in [1.82, 2.24) is 9.80 Å². The second-order valence-electron chi connectivity index (χ2n) is 9.92. The molecular formula is C28H42N2O5. The maximum Gasteiger partial charge on any atom is 0.288 e. The molecule has 3 atom stereocenters. The van der Waals surface area contributed by atoms with Gasteiger partial charge in [0.2, 0.25) is 6.29 Å². The number of hydrogen-bond acceptors (Lipinski definition) is 6. The summed E-state index contributed by atoms with van der Waals surface area (Å²) >= 11 is 0. The summed E-state index contributed by atoms with van der Waals surface area (Å²) in [6, 6.07) is 8.58. The summed E-state index contributed by atoms with van der Waals surface area (Å²) in [6.07, 6.45) is 8.85. The molecule has 0 bridgehead atoms. The van der Waals surface area contributed by atoms with Crippen molar-refractivity contribution in [3.63, 3.8) is 0 Å². The van der Waals surface area contributed by atoms with Crippen LogP contribution in [-0.4, -0.2) is 79.6 Å². The van der Waals surface area contributed by atoms with Gasteiger partial charge in [-0.05, 0) is 82.3 Å². The number of rotatable bonds is 9. The Bertz CT molecular complexity index is 828. The van der Waals surface area contributed by atoms with E-state index in [-0.39, 0.29) is 24.3 Å². The third-order valence-corrected chi connectivity index (χ3v) is 7.78. The Morgan fingerprint density at radius 1 is 1.09 bits per heavy atom. The fourth-order valence-electron chi connectivity index (χ4n) is 5.84. The van der Waals surface area contributed by atoms with Crippen molar-refractivity contribution < 1.29 is 24.1 Å². The van der Waals surface area contributed by atoms with Crippen LogP contribution in [0.2, 0.25) is 0 Å². The fraction of sp³-hybridized carbons (Fsp3) is 0.679. The molecule has 4 rings (SSSR count). The molecule has 194 valence electrons. The molecule has 7 heteroatoms. The average molecular weight is 487 g/mol. The molecule has 1 N–H and O–H groups in total. The first kappa shape index (κ1) is 26.0. The number of piperidine rings is 2. The van der Waals surface area contributed by atoms with Crippen molar-refractivity contribution in [2.75, 3.05) is 46.5 Å². The Balaban J connectivity index is 1.51. The minimum Gasteiger partial charge on any atom is -0.497 e. The third kappa shape index (κ3) is 6.38. The van der Waals surface area contributed by atoms with E-state index in [4.69, 9.17) is 14.2 Å². The summed E-state index contributed by atoms with van der Waals surface area (Å²) < 4.78 is 17.6. The predicted molar refractivity (Wildman–Crippen MR) is 135 cm³/mol. The lowest BCUT2D eigenvalue weighted by Gasteiger charge is -2.41. The number of hydrogen-bond donors (Lipinski definition) is 1. The smallest absolute Gasteiger partial charge is 0.288 e. The van der Waals surface area contributed by atoms with Gasteiger partial charge in [0.25, 0.3) is 5.91 Å². The molecule has 1 aromatic rings. The van der Waals surface area contributed by atoms with Gasteiger partial charge in [-0.1, -0.05) is 18.6 Å². The molecule has 0 aromatic heterocycles. The molecule has 0 spiro atoms. The standard InChI is InChI=1S/C28H42N2O5/c1-3-34-28-24(8-7-19-31)25(21-9-11-23(33-2)12-10-21)20-26(35-28)27(32)30-17-13-22(14-18-30)29-15-5-4-6-16-29/h9-12,20,22,24-25,28,31H,3-8,13-19H2,1-2H3/t24-,25+,28+/m1/s1. The largest absolute Gasteiger partial charge is 0.497 e. The Labute approximate surface area is 210 Å². The molecule has 0 unspecified atom stereocenters. The van der Waals surface area contributed by atoms with Gasteiger partial charge in [0.05, 0.1) is 7.11 Å². The van der Waals surface area contributed by atoms with Gasteiger partial charge in [-0.25, -0.2) is 0 Å². The van der Waals surface area contributed by atoms with Gasteiger partial charge in [-0.3, -0.25) is 4.79 Å². The summed E-state index contributed by atoms with van der Waals surface area (Å²) in [4.78, 5) is 18.2. The Morgan fingerprint density at radius 3 is 2.43 bits per heavy atom. The molecule has 3 aliphatic heterocycles. The summed E-state index contributed by atoms with van der Waals surface area (Å²) in [6.45, 7) is 6.48. The highest BCUT2D eigenvalue weighted by Crippen LogP contribution is 2.40. The van der Waals surface area contributed by atoms with Crippen LogP contribution in [0, 0.1) is 5.92 Å². The zero-order chi connectivity index (χ0) is 24.6. The lowest BCUT2D eigenvalue weighted by molar-refractivity contribution is -0.171. The normalized spacial score (nSPS) is 26.2. The maximum atomic E-state index is 13.6. The first-order chi connectivity index (χ1) is 17.1. The van der Waals surface area contributed by atoms with Gasteiger partial charge in [0.15, 0.2) is 5.76 Å². The highest BCUT2D eigenvalue weighted by atomic mass is 16.7. The number of aliphatic hydroxyl groups is 1. The minimum absolute atomic E-state index is 0.0110. The Morgan fingerprint density at radius 2 is 1.80 bits per heavy atom. The summed E-state index contributed by atoms with van der Waals surface area (Å²) in [5.41, 5.74) is 1.09. The first-order valence-electron chi connectivity index (χ1n) is 13.4. The van der Waals surface area contributed by atoms with Crippen molar-refractivity contribution in [1.29, 1.82) is 0 Å². The summed E-state index contributed by atoms with van der Waals surface area (Å²) in [5, 5.41) is 9.49. The van der Waals surface area contributed by atoms with Crippen LogP contribution in [0.1, 0.15) is 63.4 Å². The Hall–Kier alpha value is -2.09. The van der Waals surface area contributed by atoms with Gasteiger partial charge in [0.1, 0.15) is 5.75 Å². The van der Waals surface area contributed by atoms with E-state index in [1.807, 2.05) is 42.2 Å². The van der Waals surface area contributed by atoms with Crippen LogP contribution in [0.3, 0.4) is 0 Å². The SMILES string of the molecule is CCO[C@H]1OC(C(=O)N2CCC(N3CCCCC3)CC2)=C[C@@H](c2ccc(OC)cc2)[C@H]1CCCO. The number of methoxy groups -OCH3 is 1. The highest BCUT2D eigenvalue weighted by Gasteiger charge is 2.39. The van der Waals surface area contributed by atoms with E-state index in [2.05, 4.69) is 4.90 Å². The third-order valence-electron chi connectivity index (χ3n) is 7.78. The number of carbonyl (C=O) groups excluding carboxylic acids is 1. The second-order valence-corrected chi connectivity index (χ2v) is 9.92. The van der Waals surface area contributed by atoms with Crippen LogP contribution < -0.4 is 4.74 Å². The van der Waals surface area contributed by atoms with E-state index in [0.717, 1.165) is 43.7 Å². The number of carbonyl (C=O) groups is 1. The lowest BCUT2D eigenvalue weighted by Crippen LogP contribution is -2.49. The summed E-state index contributed by atoms with van der Waals surface area (Å²) in [7, 11) is 1.66. The molecule has 35 heavy (non-hydrogen) atoms. The van der Waals surface area contributed by atoms with Crippen molar-refractivity contribution >= 4 is 5.91 Å². The number of benzene rings is 1. The zero-order valence-corrected chi connectivity index (χ0v) is 21.4. The number of nitrogens with zero attached hydrogens (tertiary/aromatic N) is 2. The molecule has 7 nitrogen and oxygen atoms in total. The number of aliphatic hydroxyl groups excluding tert-OH is 1. The second kappa shape index (κ2) is 12.7. The van der Waals surface area contributed by atoms with Crippen molar-refractivity contribution in [3.8, 4) is 5.75 Å². The van der Waals surface area contributed by atoms with Crippen molar-refractivity contribution in [2.24, 2.45) is 5.92 Å². The molecule has 3 heterocycles. The maximum absolute atomic E-state index is 13.6. The van der Waals surface area contributed by atoms with E-state index < -0.39 is 6.29 Å². The number of amides is 1. The molecule has 0 radical (unpaired) electrons. The molecular weight excluding hydrogens is 444 g/mol. The molecule has 2 saturated heterocycles. The van der Waals surface area contributed by atoms with Gasteiger partial charge in [-0.15, -0.1) is 0 Å². The molecule has 0 saturated carbocycles. The summed E-state index contributed by atoms with van der Waals surface area (Å²) in [5.74, 6) is 1.12. The fourth-order valence-corrected chi connectivity index (χ4v) is 5.84. The topological polar surface area (TPSA) is 71.5 Å². The van der Waals surface area contributed by atoms with Crippen molar-refractivity contribution in [3.05, 3.63) is 41.7 Å². The number of ether oxygens (including phenoxy) is 3. The monoisotopic (exact) mass is 486 g/mol. The first-order valence-corrected chi connectivity index (χ1v) is 13.4. The highest BCUT2D eigenvalue weighted by molar-refractivity contribution is 5.92. The molecule has 2 fully saturated rings. The van der Waals surface area contributed by atoms with E-state index in [1.165, 1.54) is 32.4 Å². The van der Waals surface area contributed by atoms with Gasteiger partial charge < -0.3 is 29.1 Å². The van der Waals surface area contributed by atoms with Crippen LogP contribution in [0.15, 0.2) is 36.1 Å². The molecule has 0 aliphatic carbocycles. The van der Waals surface area contributed by atoms with Crippen LogP contribution >= 0.6 is 0 Å². The van der Waals surface area contributed by atoms with E-state index in [1.54, 1.807) is 7.11 Å². The van der Waals surface area contributed by atoms with Crippen LogP contribution in [0.5, 0.6) is 5.75 Å². The van der Waals surface area contributed by atoms with E-state index >= 15 is 0 Å². The van der Waals surface area contributed by atoms with Crippen molar-refractivity contribution in [2.45, 2.75) is 70.1 Å². The zero-order valence-electron chi connectivity index (χ0n) is 21.4. The van der Waals surface area contributed by atoms with Gasteiger partial charge in [-0.2, -0.15) is 0 Å². The van der Waals surface area contributed by atoms with Crippen LogP contribution in [-0.2, 0) is 14.3 Å². The number of allylic oxidation sites excluding steroid dienone is 1. The van der Waals surface area contributed by atoms with Crippen LogP contribution in [0.25, 0.3) is 0 Å². The predicted octanol–water partition coefficient (Wildman–Crippen LogP) is 3.92. The van der Waals surface area contributed by atoms with Gasteiger partial charge >= 0.3 is 0 Å². The average Bonchev–Trinajstić information content (AvgIpc) is 2.92. The molecule has 3 aliphatic rings. The number of likely N-dealkylation sites (tertiary alicyclic amines) is 2. The Kier molecular flexibility index (Phi) is 9.46. The molecule has 1 amide bonds.